The fraction of sp³-hybridized carbons (Fsp3) is 0.286. The molecule has 2 amide bonds. The highest BCUT2D eigenvalue weighted by atomic mass is 35.5. The Morgan fingerprint density at radius 3 is 2.23 bits per heavy atom. The minimum atomic E-state index is -4.34. The van der Waals surface area contributed by atoms with Crippen LogP contribution >= 0.6 is 11.6 Å². The van der Waals surface area contributed by atoms with E-state index in [2.05, 4.69) is 5.32 Å². The van der Waals surface area contributed by atoms with Gasteiger partial charge in [-0.05, 0) is 57.5 Å². The van der Waals surface area contributed by atoms with Crippen LogP contribution in [-0.2, 0) is 26.2 Å². The number of sulfonamides is 1. The Bertz CT molecular complexity index is 1490. The number of nitrogens with one attached hydrogen (secondary N) is 1. The van der Waals surface area contributed by atoms with Crippen LogP contribution in [0, 0.1) is 10.1 Å². The van der Waals surface area contributed by atoms with Crippen LogP contribution in [0.3, 0.4) is 0 Å². The van der Waals surface area contributed by atoms with Crippen molar-refractivity contribution in [2.75, 3.05) is 10.8 Å². The summed E-state index contributed by atoms with van der Waals surface area (Å²) < 4.78 is 28.3. The lowest BCUT2D eigenvalue weighted by Gasteiger charge is -2.33. The number of nitrogens with zero attached hydrogens (tertiary/aromatic N) is 3. The molecule has 3 rings (SSSR count). The Labute approximate surface area is 238 Å². The molecule has 0 aliphatic heterocycles. The van der Waals surface area contributed by atoms with Crippen molar-refractivity contribution in [3.05, 3.63) is 99.6 Å². The van der Waals surface area contributed by atoms with Gasteiger partial charge in [0, 0.05) is 29.2 Å². The summed E-state index contributed by atoms with van der Waals surface area (Å²) in [4.78, 5) is 39.0. The number of carbonyl (C=O) groups excluding carboxylic acids is 2. The number of anilines is 1. The van der Waals surface area contributed by atoms with Gasteiger partial charge in [0.05, 0.1) is 15.5 Å². The molecule has 0 aliphatic carbocycles. The van der Waals surface area contributed by atoms with Crippen molar-refractivity contribution < 1.29 is 22.9 Å². The zero-order chi connectivity index (χ0) is 29.7. The molecule has 0 heterocycles. The van der Waals surface area contributed by atoms with E-state index in [0.29, 0.717) is 10.6 Å². The molecule has 0 unspecified atom stereocenters. The molecule has 1 atom stereocenters. The normalized spacial score (nSPS) is 12.3. The molecule has 3 aromatic carbocycles. The van der Waals surface area contributed by atoms with Gasteiger partial charge in [-0.1, -0.05) is 54.1 Å². The quantitative estimate of drug-likeness (QED) is 0.269. The van der Waals surface area contributed by atoms with E-state index < -0.39 is 44.9 Å². The lowest BCUT2D eigenvalue weighted by molar-refractivity contribution is -0.384. The topological polar surface area (TPSA) is 130 Å². The molecule has 0 fully saturated rings. The van der Waals surface area contributed by atoms with Crippen molar-refractivity contribution in [1.82, 2.24) is 10.2 Å². The molecule has 1 N–H and O–H groups in total. The van der Waals surface area contributed by atoms with Crippen LogP contribution in [0.4, 0.5) is 11.4 Å². The van der Waals surface area contributed by atoms with Gasteiger partial charge in [-0.15, -0.1) is 0 Å². The molecule has 0 radical (unpaired) electrons. The van der Waals surface area contributed by atoms with Crippen LogP contribution in [0.1, 0.15) is 33.3 Å². The minimum Gasteiger partial charge on any atom is -0.350 e. The molecule has 40 heavy (non-hydrogen) atoms. The van der Waals surface area contributed by atoms with Crippen molar-refractivity contribution in [2.45, 2.75) is 50.7 Å². The van der Waals surface area contributed by atoms with Gasteiger partial charge in [0.15, 0.2) is 0 Å². The number of benzene rings is 3. The highest BCUT2D eigenvalue weighted by Crippen LogP contribution is 2.28. The Morgan fingerprint density at radius 2 is 1.62 bits per heavy atom. The Balaban J connectivity index is 2.08. The predicted octanol–water partition coefficient (Wildman–Crippen LogP) is 4.78. The molecule has 12 heteroatoms. The van der Waals surface area contributed by atoms with Crippen molar-refractivity contribution in [1.29, 1.82) is 0 Å². The third-order valence-corrected chi connectivity index (χ3v) is 8.06. The third kappa shape index (κ3) is 7.57. The molecule has 212 valence electrons. The van der Waals surface area contributed by atoms with Gasteiger partial charge >= 0.3 is 0 Å². The first-order valence-electron chi connectivity index (χ1n) is 12.4. The summed E-state index contributed by atoms with van der Waals surface area (Å²) in [6.07, 6.45) is 0. The van der Waals surface area contributed by atoms with Crippen LogP contribution in [0.15, 0.2) is 83.8 Å². The van der Waals surface area contributed by atoms with E-state index in [1.54, 1.807) is 58.0 Å². The lowest BCUT2D eigenvalue weighted by Crippen LogP contribution is -2.54. The maximum Gasteiger partial charge on any atom is 0.271 e. The predicted molar refractivity (Wildman–Crippen MR) is 153 cm³/mol. The smallest absolute Gasteiger partial charge is 0.271 e. The molecular weight excluding hydrogens is 556 g/mol. The fourth-order valence-corrected chi connectivity index (χ4v) is 5.50. The van der Waals surface area contributed by atoms with Crippen molar-refractivity contribution in [2.24, 2.45) is 0 Å². The van der Waals surface area contributed by atoms with E-state index in [1.165, 1.54) is 47.4 Å². The van der Waals surface area contributed by atoms with Crippen LogP contribution in [0.2, 0.25) is 5.02 Å². The van der Waals surface area contributed by atoms with Crippen LogP contribution in [-0.4, -0.2) is 48.2 Å². The summed E-state index contributed by atoms with van der Waals surface area (Å²) in [7, 11) is -4.34. The van der Waals surface area contributed by atoms with Gasteiger partial charge in [-0.25, -0.2) is 8.42 Å². The summed E-state index contributed by atoms with van der Waals surface area (Å²) in [5.41, 5.74) is -0.448. The van der Waals surface area contributed by atoms with E-state index in [1.807, 2.05) is 0 Å². The van der Waals surface area contributed by atoms with E-state index in [0.717, 1.165) is 10.4 Å². The Kier molecular flexibility index (Phi) is 9.54. The maximum absolute atomic E-state index is 13.9. The van der Waals surface area contributed by atoms with E-state index in [-0.39, 0.29) is 22.8 Å². The summed E-state index contributed by atoms with van der Waals surface area (Å²) in [5, 5.41) is 14.7. The van der Waals surface area contributed by atoms with Crippen molar-refractivity contribution >= 4 is 44.8 Å². The second-order valence-corrected chi connectivity index (χ2v) is 12.4. The number of hydrogen-bond acceptors (Lipinski definition) is 6. The second-order valence-electron chi connectivity index (χ2n) is 10.1. The first-order chi connectivity index (χ1) is 18.7. The van der Waals surface area contributed by atoms with Crippen LogP contribution in [0.25, 0.3) is 0 Å². The second kappa shape index (κ2) is 12.5. The summed E-state index contributed by atoms with van der Waals surface area (Å²) in [6.45, 7) is 6.14. The summed E-state index contributed by atoms with van der Waals surface area (Å²) in [6, 6.07) is 18.3. The highest BCUT2D eigenvalue weighted by Gasteiger charge is 2.34. The van der Waals surface area contributed by atoms with Gasteiger partial charge in [-0.3, -0.25) is 24.0 Å². The van der Waals surface area contributed by atoms with Crippen LogP contribution in [0.5, 0.6) is 0 Å². The molecule has 0 saturated heterocycles. The monoisotopic (exact) mass is 586 g/mol. The number of halogens is 1. The Hall–Kier alpha value is -3.96. The number of nitro groups is 1. The minimum absolute atomic E-state index is 0.0732. The molecule has 0 aromatic heterocycles. The van der Waals surface area contributed by atoms with E-state index >= 15 is 0 Å². The van der Waals surface area contributed by atoms with Gasteiger partial charge in [0.1, 0.15) is 12.6 Å². The average Bonchev–Trinajstić information content (AvgIpc) is 2.90. The largest absolute Gasteiger partial charge is 0.350 e. The number of amides is 2. The van der Waals surface area contributed by atoms with Gasteiger partial charge in [-0.2, -0.15) is 0 Å². The first-order valence-corrected chi connectivity index (χ1v) is 14.2. The zero-order valence-electron chi connectivity index (χ0n) is 22.6. The molecular formula is C28H31ClN4O6S. The molecule has 3 aromatic rings. The standard InChI is InChI=1S/C28H31ClN4O6S/c1-20(27(35)30-28(2,3)4)31(18-21-11-8-9-16-25(21)29)26(34)19-32(22-12-10-13-23(17-22)33(36)37)40(38,39)24-14-6-5-7-15-24/h5-17,20H,18-19H2,1-4H3,(H,30,35)/t20-/m0/s1. The van der Waals surface area contributed by atoms with Gasteiger partial charge in [0.25, 0.3) is 15.7 Å². The molecule has 10 nitrogen and oxygen atoms in total. The van der Waals surface area contributed by atoms with Crippen molar-refractivity contribution in [3.8, 4) is 0 Å². The lowest BCUT2D eigenvalue weighted by atomic mass is 10.1. The summed E-state index contributed by atoms with van der Waals surface area (Å²) >= 11 is 6.36. The molecule has 0 saturated carbocycles. The molecule has 0 spiro atoms. The molecule has 0 aliphatic rings. The van der Waals surface area contributed by atoms with E-state index in [9.17, 15) is 28.1 Å². The first kappa shape index (κ1) is 30.6. The van der Waals surface area contributed by atoms with Gasteiger partial charge < -0.3 is 10.2 Å². The Morgan fingerprint density at radius 1 is 1.00 bits per heavy atom. The van der Waals surface area contributed by atoms with E-state index in [4.69, 9.17) is 11.6 Å². The summed E-state index contributed by atoms with van der Waals surface area (Å²) in [5.74, 6) is -1.15. The molecule has 0 bridgehead atoms. The number of rotatable bonds is 10. The third-order valence-electron chi connectivity index (χ3n) is 5.90. The number of carbonyl (C=O) groups is 2. The maximum atomic E-state index is 13.9. The van der Waals surface area contributed by atoms with Crippen LogP contribution < -0.4 is 9.62 Å². The average molecular weight is 587 g/mol. The van der Waals surface area contributed by atoms with Crippen molar-refractivity contribution in [3.63, 3.8) is 0 Å². The number of hydrogen-bond donors (Lipinski definition) is 1. The number of nitro benzene ring substituents is 1. The zero-order valence-corrected chi connectivity index (χ0v) is 24.1. The highest BCUT2D eigenvalue weighted by molar-refractivity contribution is 7.92. The van der Waals surface area contributed by atoms with Gasteiger partial charge in [0.2, 0.25) is 11.8 Å². The number of non-ortho nitro benzene ring substituents is 1. The fourth-order valence-electron chi connectivity index (χ4n) is 3.88. The SMILES string of the molecule is C[C@@H](C(=O)NC(C)(C)C)N(Cc1ccccc1Cl)C(=O)CN(c1cccc([N+](=O)[O-])c1)S(=O)(=O)c1ccccc1.